The highest BCUT2D eigenvalue weighted by Gasteiger charge is 2.38. The Kier molecular flexibility index (Phi) is 3.46. The number of hydrogen-bond acceptors (Lipinski definition) is 2. The van der Waals surface area contributed by atoms with Gasteiger partial charge in [0.15, 0.2) is 0 Å². The van der Waals surface area contributed by atoms with Gasteiger partial charge in [0.25, 0.3) is 0 Å². The summed E-state index contributed by atoms with van der Waals surface area (Å²) >= 11 is 0. The number of rotatable bonds is 4. The standard InChI is InChI=1S/C14H17FO2/c1-11(16)17-10-14(7-2-8-14)9-12-3-5-13(15)6-4-12/h3-6H,2,7-10H2,1H3. The van der Waals surface area contributed by atoms with Crippen LogP contribution in [0.15, 0.2) is 24.3 Å². The van der Waals surface area contributed by atoms with Crippen LogP contribution in [0.2, 0.25) is 0 Å². The summed E-state index contributed by atoms with van der Waals surface area (Å²) in [6, 6.07) is 6.58. The summed E-state index contributed by atoms with van der Waals surface area (Å²) in [6.45, 7) is 1.92. The molecule has 1 aromatic carbocycles. The summed E-state index contributed by atoms with van der Waals surface area (Å²) in [6.07, 6.45) is 4.21. The molecule has 0 N–H and O–H groups in total. The van der Waals surface area contributed by atoms with Crippen LogP contribution in [0.3, 0.4) is 0 Å². The van der Waals surface area contributed by atoms with Gasteiger partial charge in [0.2, 0.25) is 0 Å². The van der Waals surface area contributed by atoms with Gasteiger partial charge in [-0.2, -0.15) is 0 Å². The summed E-state index contributed by atoms with van der Waals surface area (Å²) in [5, 5.41) is 0. The van der Waals surface area contributed by atoms with E-state index in [0.29, 0.717) is 6.61 Å². The van der Waals surface area contributed by atoms with Gasteiger partial charge in [-0.15, -0.1) is 0 Å². The van der Waals surface area contributed by atoms with Gasteiger partial charge in [-0.1, -0.05) is 18.6 Å². The number of benzene rings is 1. The van der Waals surface area contributed by atoms with E-state index in [2.05, 4.69) is 0 Å². The summed E-state index contributed by atoms with van der Waals surface area (Å²) in [7, 11) is 0. The molecule has 3 heteroatoms. The first-order valence-corrected chi connectivity index (χ1v) is 5.98. The van der Waals surface area contributed by atoms with E-state index in [1.54, 1.807) is 0 Å². The number of carbonyl (C=O) groups is 1. The molecule has 0 amide bonds. The van der Waals surface area contributed by atoms with E-state index in [1.165, 1.54) is 25.5 Å². The zero-order valence-corrected chi connectivity index (χ0v) is 10.0. The van der Waals surface area contributed by atoms with E-state index in [0.717, 1.165) is 24.8 Å². The molecule has 2 nitrogen and oxygen atoms in total. The second-order valence-corrected chi connectivity index (χ2v) is 4.94. The Morgan fingerprint density at radius 3 is 2.47 bits per heavy atom. The largest absolute Gasteiger partial charge is 0.465 e. The van der Waals surface area contributed by atoms with Gasteiger partial charge in [-0.05, 0) is 37.0 Å². The first-order chi connectivity index (χ1) is 8.10. The van der Waals surface area contributed by atoms with Gasteiger partial charge in [0, 0.05) is 12.3 Å². The van der Waals surface area contributed by atoms with Crippen molar-refractivity contribution in [1.29, 1.82) is 0 Å². The Morgan fingerprint density at radius 2 is 2.00 bits per heavy atom. The van der Waals surface area contributed by atoms with E-state index in [9.17, 15) is 9.18 Å². The van der Waals surface area contributed by atoms with Crippen molar-refractivity contribution >= 4 is 5.97 Å². The fourth-order valence-electron chi connectivity index (χ4n) is 2.34. The summed E-state index contributed by atoms with van der Waals surface area (Å²) in [4.78, 5) is 10.9. The zero-order valence-electron chi connectivity index (χ0n) is 10.0. The Balaban J connectivity index is 1.99. The van der Waals surface area contributed by atoms with Crippen LogP contribution in [-0.2, 0) is 16.0 Å². The third-order valence-corrected chi connectivity index (χ3v) is 3.49. The molecule has 0 aliphatic heterocycles. The number of ether oxygens (including phenoxy) is 1. The average molecular weight is 236 g/mol. The molecule has 92 valence electrons. The smallest absolute Gasteiger partial charge is 0.302 e. The minimum atomic E-state index is -0.226. The van der Waals surface area contributed by atoms with E-state index in [-0.39, 0.29) is 17.2 Å². The number of carbonyl (C=O) groups excluding carboxylic acids is 1. The van der Waals surface area contributed by atoms with E-state index < -0.39 is 0 Å². The molecule has 0 saturated heterocycles. The van der Waals surface area contributed by atoms with E-state index in [4.69, 9.17) is 4.74 Å². The zero-order chi connectivity index (χ0) is 12.3. The Labute approximate surface area is 101 Å². The topological polar surface area (TPSA) is 26.3 Å². The molecule has 0 atom stereocenters. The van der Waals surface area contributed by atoms with Gasteiger partial charge in [0.1, 0.15) is 5.82 Å². The normalized spacial score (nSPS) is 17.3. The molecule has 2 rings (SSSR count). The molecular formula is C14H17FO2. The van der Waals surface area contributed by atoms with Crippen molar-refractivity contribution in [2.24, 2.45) is 5.41 Å². The average Bonchev–Trinajstić information content (AvgIpc) is 2.24. The minimum absolute atomic E-state index is 0.0868. The highest BCUT2D eigenvalue weighted by atomic mass is 19.1. The summed E-state index contributed by atoms with van der Waals surface area (Å²) in [5.74, 6) is -0.438. The Morgan fingerprint density at radius 1 is 1.35 bits per heavy atom. The van der Waals surface area contributed by atoms with Crippen LogP contribution in [0.1, 0.15) is 31.7 Å². The molecule has 1 aromatic rings. The van der Waals surface area contributed by atoms with Gasteiger partial charge < -0.3 is 4.74 Å². The maximum atomic E-state index is 12.8. The molecule has 0 heterocycles. The van der Waals surface area contributed by atoms with Crippen LogP contribution in [0.25, 0.3) is 0 Å². The summed E-state index contributed by atoms with van der Waals surface area (Å²) < 4.78 is 17.9. The number of hydrogen-bond donors (Lipinski definition) is 0. The maximum absolute atomic E-state index is 12.8. The molecule has 0 aromatic heterocycles. The number of halogens is 1. The molecule has 1 fully saturated rings. The third kappa shape index (κ3) is 3.05. The van der Waals surface area contributed by atoms with Gasteiger partial charge in [-0.25, -0.2) is 4.39 Å². The molecule has 1 aliphatic carbocycles. The van der Waals surface area contributed by atoms with Crippen LogP contribution in [-0.4, -0.2) is 12.6 Å². The third-order valence-electron chi connectivity index (χ3n) is 3.49. The molecule has 0 radical (unpaired) electrons. The lowest BCUT2D eigenvalue weighted by atomic mass is 9.66. The first kappa shape index (κ1) is 12.1. The second kappa shape index (κ2) is 4.86. The quantitative estimate of drug-likeness (QED) is 0.751. The van der Waals surface area contributed by atoms with Crippen LogP contribution in [0.4, 0.5) is 4.39 Å². The Bertz CT molecular complexity index is 393. The lowest BCUT2D eigenvalue weighted by Gasteiger charge is -2.41. The van der Waals surface area contributed by atoms with Crippen molar-refractivity contribution in [3.05, 3.63) is 35.6 Å². The highest BCUT2D eigenvalue weighted by molar-refractivity contribution is 5.65. The Hall–Kier alpha value is -1.38. The summed E-state index contributed by atoms with van der Waals surface area (Å²) in [5.41, 5.74) is 1.20. The fourth-order valence-corrected chi connectivity index (χ4v) is 2.34. The minimum Gasteiger partial charge on any atom is -0.465 e. The van der Waals surface area contributed by atoms with Crippen molar-refractivity contribution in [3.63, 3.8) is 0 Å². The molecular weight excluding hydrogens is 219 g/mol. The fraction of sp³-hybridized carbons (Fsp3) is 0.500. The molecule has 0 unspecified atom stereocenters. The van der Waals surface area contributed by atoms with Crippen LogP contribution in [0, 0.1) is 11.2 Å². The van der Waals surface area contributed by atoms with Crippen LogP contribution >= 0.6 is 0 Å². The van der Waals surface area contributed by atoms with Crippen molar-refractivity contribution in [3.8, 4) is 0 Å². The molecule has 0 spiro atoms. The monoisotopic (exact) mass is 236 g/mol. The molecule has 17 heavy (non-hydrogen) atoms. The predicted octanol–water partition coefficient (Wildman–Crippen LogP) is 3.10. The first-order valence-electron chi connectivity index (χ1n) is 5.98. The molecule has 1 saturated carbocycles. The second-order valence-electron chi connectivity index (χ2n) is 4.94. The molecule has 1 aliphatic rings. The predicted molar refractivity (Wildman–Crippen MR) is 63.0 cm³/mol. The van der Waals surface area contributed by atoms with Crippen molar-refractivity contribution < 1.29 is 13.9 Å². The van der Waals surface area contributed by atoms with Crippen molar-refractivity contribution in [2.75, 3.05) is 6.61 Å². The SMILES string of the molecule is CC(=O)OCC1(Cc2ccc(F)cc2)CCC1. The van der Waals surface area contributed by atoms with Crippen LogP contribution < -0.4 is 0 Å². The maximum Gasteiger partial charge on any atom is 0.302 e. The highest BCUT2D eigenvalue weighted by Crippen LogP contribution is 2.43. The van der Waals surface area contributed by atoms with E-state index >= 15 is 0 Å². The lowest BCUT2D eigenvalue weighted by Crippen LogP contribution is -2.37. The van der Waals surface area contributed by atoms with Gasteiger partial charge in [-0.3, -0.25) is 4.79 Å². The van der Waals surface area contributed by atoms with Gasteiger partial charge in [0.05, 0.1) is 6.61 Å². The lowest BCUT2D eigenvalue weighted by molar-refractivity contribution is -0.146. The van der Waals surface area contributed by atoms with Crippen molar-refractivity contribution in [1.82, 2.24) is 0 Å². The van der Waals surface area contributed by atoms with Crippen LogP contribution in [0.5, 0.6) is 0 Å². The van der Waals surface area contributed by atoms with Gasteiger partial charge >= 0.3 is 5.97 Å². The number of esters is 1. The molecule has 0 bridgehead atoms. The van der Waals surface area contributed by atoms with Crippen molar-refractivity contribution in [2.45, 2.75) is 32.6 Å². The van der Waals surface area contributed by atoms with E-state index in [1.807, 2.05) is 12.1 Å².